The number of carbonyl (C=O) groups is 2. The van der Waals surface area contributed by atoms with Gasteiger partial charge in [-0.15, -0.1) is 0 Å². The van der Waals surface area contributed by atoms with Crippen LogP contribution in [0.15, 0.2) is 70.3 Å². The molecular formula is C24H16N2O6. The van der Waals surface area contributed by atoms with Gasteiger partial charge in [-0.2, -0.15) is 0 Å². The summed E-state index contributed by atoms with van der Waals surface area (Å²) in [7, 11) is 0. The summed E-state index contributed by atoms with van der Waals surface area (Å²) in [5.74, 6) is -2.65. The highest BCUT2D eigenvalue weighted by molar-refractivity contribution is 6.04. The van der Waals surface area contributed by atoms with Gasteiger partial charge in [0.25, 0.3) is 0 Å². The topological polar surface area (TPSA) is 129 Å². The Morgan fingerprint density at radius 1 is 0.781 bits per heavy atom. The van der Waals surface area contributed by atoms with Gasteiger partial charge in [0, 0.05) is 27.1 Å². The number of aromatic amines is 1. The van der Waals surface area contributed by atoms with Gasteiger partial charge in [-0.3, -0.25) is 14.4 Å². The van der Waals surface area contributed by atoms with E-state index in [1.807, 2.05) is 0 Å². The Morgan fingerprint density at radius 2 is 1.44 bits per heavy atom. The van der Waals surface area contributed by atoms with Crippen molar-refractivity contribution < 1.29 is 19.8 Å². The second kappa shape index (κ2) is 7.05. The summed E-state index contributed by atoms with van der Waals surface area (Å²) in [6.07, 6.45) is -0.691. The number of carboxylic acids is 2. The zero-order chi connectivity index (χ0) is 22.6. The highest BCUT2D eigenvalue weighted by atomic mass is 16.4. The third-order valence-electron chi connectivity index (χ3n) is 5.70. The Labute approximate surface area is 179 Å². The van der Waals surface area contributed by atoms with E-state index >= 15 is 0 Å². The summed E-state index contributed by atoms with van der Waals surface area (Å²) in [5.41, 5.74) is 0.923. The zero-order valence-electron chi connectivity index (χ0n) is 16.5. The zero-order valence-corrected chi connectivity index (χ0v) is 16.5. The molecule has 5 rings (SSSR count). The SMILES string of the molecule is O=C(O)CC(C(=O)O)n1c2ccccc2c(=O)c2cc3[nH]c4ccccc4c(=O)c3cc21. The number of fused-ring (bicyclic) bond motifs is 4. The average Bonchev–Trinajstić information content (AvgIpc) is 2.78. The molecule has 0 saturated heterocycles. The number of aromatic nitrogens is 2. The van der Waals surface area contributed by atoms with Crippen molar-refractivity contribution in [3.63, 3.8) is 0 Å². The lowest BCUT2D eigenvalue weighted by atomic mass is 10.0. The molecule has 1 atom stereocenters. The molecule has 8 nitrogen and oxygen atoms in total. The van der Waals surface area contributed by atoms with E-state index in [1.165, 1.54) is 16.7 Å². The highest BCUT2D eigenvalue weighted by Gasteiger charge is 2.27. The van der Waals surface area contributed by atoms with Crippen LogP contribution in [0.5, 0.6) is 0 Å². The Morgan fingerprint density at radius 3 is 2.16 bits per heavy atom. The monoisotopic (exact) mass is 428 g/mol. The van der Waals surface area contributed by atoms with Gasteiger partial charge >= 0.3 is 11.9 Å². The molecule has 8 heteroatoms. The number of hydrogen-bond acceptors (Lipinski definition) is 4. The van der Waals surface area contributed by atoms with Gasteiger partial charge in [-0.1, -0.05) is 24.3 Å². The Hall–Kier alpha value is -4.46. The molecule has 0 bridgehead atoms. The number of aliphatic carboxylic acids is 2. The number of nitrogens with one attached hydrogen (secondary N) is 1. The molecular weight excluding hydrogens is 412 g/mol. The van der Waals surface area contributed by atoms with E-state index in [0.717, 1.165) is 0 Å². The second-order valence-electron chi connectivity index (χ2n) is 7.58. The molecule has 2 heterocycles. The maximum atomic E-state index is 13.3. The van der Waals surface area contributed by atoms with Crippen molar-refractivity contribution in [3.8, 4) is 0 Å². The van der Waals surface area contributed by atoms with E-state index in [2.05, 4.69) is 4.98 Å². The average molecular weight is 428 g/mol. The van der Waals surface area contributed by atoms with Gasteiger partial charge in [0.2, 0.25) is 0 Å². The predicted octanol–water partition coefficient (Wildman–Crippen LogP) is 3.25. The standard InChI is InChI=1S/C24H16N2O6/c27-21(28)11-20(24(31)32)26-18-8-4-2-6-13(18)23(30)15-9-17-14(10-19(15)26)22(29)12-5-1-3-7-16(12)25-17/h1-10,20H,11H2,(H,25,29)(H,27,28)(H,31,32). The van der Waals surface area contributed by atoms with E-state index in [4.69, 9.17) is 0 Å². The van der Waals surface area contributed by atoms with Gasteiger partial charge in [0.05, 0.1) is 23.0 Å². The normalized spacial score (nSPS) is 12.5. The van der Waals surface area contributed by atoms with Crippen LogP contribution in [0, 0.1) is 0 Å². The molecule has 0 amide bonds. The van der Waals surface area contributed by atoms with Crippen LogP contribution in [-0.4, -0.2) is 31.7 Å². The van der Waals surface area contributed by atoms with E-state index in [-0.39, 0.29) is 38.0 Å². The molecule has 0 aliphatic heterocycles. The predicted molar refractivity (Wildman–Crippen MR) is 120 cm³/mol. The van der Waals surface area contributed by atoms with Crippen LogP contribution in [-0.2, 0) is 9.59 Å². The van der Waals surface area contributed by atoms with Gasteiger partial charge in [-0.05, 0) is 36.4 Å². The molecule has 3 N–H and O–H groups in total. The molecule has 5 aromatic rings. The van der Waals surface area contributed by atoms with Gasteiger partial charge in [-0.25, -0.2) is 4.79 Å². The van der Waals surface area contributed by atoms with Crippen molar-refractivity contribution in [2.75, 3.05) is 0 Å². The smallest absolute Gasteiger partial charge is 0.327 e. The fourth-order valence-corrected chi connectivity index (χ4v) is 4.28. The van der Waals surface area contributed by atoms with E-state index in [1.54, 1.807) is 48.5 Å². The van der Waals surface area contributed by atoms with Crippen LogP contribution < -0.4 is 10.9 Å². The van der Waals surface area contributed by atoms with Crippen molar-refractivity contribution in [2.24, 2.45) is 0 Å². The fourth-order valence-electron chi connectivity index (χ4n) is 4.28. The van der Waals surface area contributed by atoms with Crippen LogP contribution in [0.2, 0.25) is 0 Å². The van der Waals surface area contributed by atoms with Gasteiger partial charge in [0.15, 0.2) is 10.9 Å². The molecule has 3 aromatic carbocycles. The molecule has 0 aliphatic carbocycles. The van der Waals surface area contributed by atoms with Gasteiger partial charge in [0.1, 0.15) is 6.04 Å². The van der Waals surface area contributed by atoms with Crippen LogP contribution in [0.3, 0.4) is 0 Å². The summed E-state index contributed by atoms with van der Waals surface area (Å²) in [5, 5.41) is 20.4. The molecule has 0 radical (unpaired) electrons. The first-order valence-electron chi connectivity index (χ1n) is 9.83. The lowest BCUT2D eigenvalue weighted by molar-refractivity contribution is -0.147. The molecule has 1 unspecified atom stereocenters. The van der Waals surface area contributed by atoms with Crippen LogP contribution >= 0.6 is 0 Å². The molecule has 0 saturated carbocycles. The largest absolute Gasteiger partial charge is 0.481 e. The lowest BCUT2D eigenvalue weighted by Crippen LogP contribution is -2.25. The lowest BCUT2D eigenvalue weighted by Gasteiger charge is -2.21. The van der Waals surface area contributed by atoms with Crippen LogP contribution in [0.4, 0.5) is 0 Å². The van der Waals surface area contributed by atoms with Crippen molar-refractivity contribution in [2.45, 2.75) is 12.5 Å². The Bertz CT molecular complexity index is 1710. The van der Waals surface area contributed by atoms with Crippen molar-refractivity contribution in [1.82, 2.24) is 9.55 Å². The maximum Gasteiger partial charge on any atom is 0.327 e. The van der Waals surface area contributed by atoms with Crippen molar-refractivity contribution in [3.05, 3.63) is 81.1 Å². The number of rotatable bonds is 4. The van der Waals surface area contributed by atoms with Crippen LogP contribution in [0.1, 0.15) is 12.5 Å². The molecule has 0 spiro atoms. The summed E-state index contributed by atoms with van der Waals surface area (Å²) >= 11 is 0. The third-order valence-corrected chi connectivity index (χ3v) is 5.70. The molecule has 0 fully saturated rings. The molecule has 0 aliphatic rings. The quantitative estimate of drug-likeness (QED) is 0.377. The van der Waals surface area contributed by atoms with Crippen LogP contribution in [0.25, 0.3) is 43.6 Å². The summed E-state index contributed by atoms with van der Waals surface area (Å²) in [4.78, 5) is 53.1. The number of hydrogen-bond donors (Lipinski definition) is 3. The maximum absolute atomic E-state index is 13.3. The summed E-state index contributed by atoms with van der Waals surface area (Å²) < 4.78 is 1.33. The van der Waals surface area contributed by atoms with E-state index < -0.39 is 24.4 Å². The minimum atomic E-state index is -1.47. The first-order chi connectivity index (χ1) is 15.4. The first kappa shape index (κ1) is 19.5. The highest BCUT2D eigenvalue weighted by Crippen LogP contribution is 2.28. The molecule has 158 valence electrons. The van der Waals surface area contributed by atoms with Crippen molar-refractivity contribution in [1.29, 1.82) is 0 Å². The number of benzene rings is 3. The second-order valence-corrected chi connectivity index (χ2v) is 7.58. The summed E-state index contributed by atoms with van der Waals surface area (Å²) in [6, 6.07) is 14.9. The van der Waals surface area contributed by atoms with E-state index in [9.17, 15) is 29.4 Å². The number of carboxylic acid groups (broad SMARTS) is 2. The number of nitrogens with zero attached hydrogens (tertiary/aromatic N) is 1. The minimum absolute atomic E-state index is 0.190. The first-order valence-corrected chi connectivity index (χ1v) is 9.83. The molecule has 32 heavy (non-hydrogen) atoms. The molecule has 2 aromatic heterocycles. The Balaban J connectivity index is 2.03. The fraction of sp³-hybridized carbons (Fsp3) is 0.0833. The summed E-state index contributed by atoms with van der Waals surface area (Å²) in [6.45, 7) is 0. The third kappa shape index (κ3) is 2.84. The Kier molecular flexibility index (Phi) is 4.30. The number of pyridine rings is 2. The van der Waals surface area contributed by atoms with Crippen molar-refractivity contribution >= 4 is 55.6 Å². The van der Waals surface area contributed by atoms with Gasteiger partial charge < -0.3 is 19.8 Å². The van der Waals surface area contributed by atoms with E-state index in [0.29, 0.717) is 16.4 Å². The number of para-hydroxylation sites is 2. The minimum Gasteiger partial charge on any atom is -0.481 e. The number of H-pyrrole nitrogens is 1.